The fourth-order valence-corrected chi connectivity index (χ4v) is 3.39. The van der Waals surface area contributed by atoms with Gasteiger partial charge in [0.2, 0.25) is 5.88 Å². The maximum atomic E-state index is 6.21. The third-order valence-electron chi connectivity index (χ3n) is 3.88. The van der Waals surface area contributed by atoms with Crippen LogP contribution in [0.25, 0.3) is 0 Å². The van der Waals surface area contributed by atoms with Gasteiger partial charge in [-0.15, -0.1) is 0 Å². The number of aromatic nitrogens is 2. The summed E-state index contributed by atoms with van der Waals surface area (Å²) >= 11 is 1.54. The molecule has 5 heteroatoms. The van der Waals surface area contributed by atoms with Crippen LogP contribution in [0.2, 0.25) is 0 Å². The molecule has 1 aliphatic rings. The first-order valence-electron chi connectivity index (χ1n) is 7.74. The Morgan fingerprint density at radius 1 is 1.09 bits per heavy atom. The van der Waals surface area contributed by atoms with Crippen molar-refractivity contribution >= 4 is 17.4 Å². The molecular weight excluding hydrogens is 294 g/mol. The fraction of sp³-hybridized carbons (Fsp3) is 0.412. The maximum absolute atomic E-state index is 6.21. The van der Waals surface area contributed by atoms with Crippen LogP contribution >= 0.6 is 11.8 Å². The number of nitrogen functional groups attached to an aromatic ring is 1. The minimum Gasteiger partial charge on any atom is -0.473 e. The molecule has 2 N–H and O–H groups in total. The first kappa shape index (κ1) is 15.2. The van der Waals surface area contributed by atoms with Crippen molar-refractivity contribution in [1.29, 1.82) is 0 Å². The van der Waals surface area contributed by atoms with Gasteiger partial charge >= 0.3 is 0 Å². The number of anilines is 1. The van der Waals surface area contributed by atoms with Crippen molar-refractivity contribution in [1.82, 2.24) is 9.97 Å². The van der Waals surface area contributed by atoms with Crippen LogP contribution in [0.15, 0.2) is 40.5 Å². The van der Waals surface area contributed by atoms with Gasteiger partial charge in [0.05, 0.1) is 0 Å². The molecule has 4 nitrogen and oxygen atoms in total. The molecule has 116 valence electrons. The van der Waals surface area contributed by atoms with E-state index in [0.29, 0.717) is 11.6 Å². The summed E-state index contributed by atoms with van der Waals surface area (Å²) < 4.78 is 5.99. The predicted octanol–water partition coefficient (Wildman–Crippen LogP) is 4.23. The Balaban J connectivity index is 1.74. The molecule has 1 aromatic heterocycles. The van der Waals surface area contributed by atoms with E-state index in [1.54, 1.807) is 11.8 Å². The molecule has 0 saturated heterocycles. The SMILES string of the molecule is Cc1ccc(Sc2ncnc(OC3CCCCC3)c2N)cc1. The van der Waals surface area contributed by atoms with Crippen molar-refractivity contribution in [3.8, 4) is 5.88 Å². The van der Waals surface area contributed by atoms with Gasteiger partial charge in [0.1, 0.15) is 23.1 Å². The second-order valence-corrected chi connectivity index (χ2v) is 6.75. The number of ether oxygens (including phenoxy) is 1. The highest BCUT2D eigenvalue weighted by Crippen LogP contribution is 2.35. The van der Waals surface area contributed by atoms with Crippen molar-refractivity contribution in [2.45, 2.75) is 55.1 Å². The van der Waals surface area contributed by atoms with Gasteiger partial charge < -0.3 is 10.5 Å². The van der Waals surface area contributed by atoms with Crippen LogP contribution < -0.4 is 10.5 Å². The van der Waals surface area contributed by atoms with E-state index in [0.717, 1.165) is 22.8 Å². The number of rotatable bonds is 4. The van der Waals surface area contributed by atoms with Crippen LogP contribution in [0.1, 0.15) is 37.7 Å². The van der Waals surface area contributed by atoms with Gasteiger partial charge in [0.15, 0.2) is 0 Å². The van der Waals surface area contributed by atoms with Gasteiger partial charge in [-0.1, -0.05) is 35.9 Å². The van der Waals surface area contributed by atoms with E-state index < -0.39 is 0 Å². The Bertz CT molecular complexity index is 624. The summed E-state index contributed by atoms with van der Waals surface area (Å²) in [5, 5.41) is 0.754. The van der Waals surface area contributed by atoms with Gasteiger partial charge in [0, 0.05) is 4.90 Å². The standard InChI is InChI=1S/C17H21N3OS/c1-12-7-9-14(10-8-12)22-17-15(18)16(19-11-20-17)21-13-5-3-2-4-6-13/h7-11,13H,2-6,18H2,1H3. The zero-order chi connectivity index (χ0) is 15.4. The highest BCUT2D eigenvalue weighted by Gasteiger charge is 2.18. The lowest BCUT2D eigenvalue weighted by Gasteiger charge is -2.23. The zero-order valence-electron chi connectivity index (χ0n) is 12.8. The minimum absolute atomic E-state index is 0.239. The molecule has 0 bridgehead atoms. The van der Waals surface area contributed by atoms with Crippen LogP contribution in [0.5, 0.6) is 5.88 Å². The Hall–Kier alpha value is -1.75. The topological polar surface area (TPSA) is 61.0 Å². The van der Waals surface area contributed by atoms with Gasteiger partial charge in [-0.3, -0.25) is 0 Å². The third-order valence-corrected chi connectivity index (χ3v) is 4.90. The van der Waals surface area contributed by atoms with Gasteiger partial charge in [-0.05, 0) is 44.7 Å². The quantitative estimate of drug-likeness (QED) is 0.856. The Morgan fingerprint density at radius 2 is 1.82 bits per heavy atom. The summed E-state index contributed by atoms with van der Waals surface area (Å²) in [6.07, 6.45) is 7.69. The van der Waals surface area contributed by atoms with Crippen LogP contribution in [0.3, 0.4) is 0 Å². The van der Waals surface area contributed by atoms with E-state index in [2.05, 4.69) is 41.2 Å². The summed E-state index contributed by atoms with van der Waals surface area (Å²) in [5.41, 5.74) is 7.99. The average Bonchev–Trinajstić information content (AvgIpc) is 2.54. The van der Waals surface area contributed by atoms with Crippen LogP contribution in [-0.2, 0) is 0 Å². The summed E-state index contributed by atoms with van der Waals surface area (Å²) in [6.45, 7) is 2.07. The van der Waals surface area contributed by atoms with Crippen molar-refractivity contribution in [3.05, 3.63) is 36.2 Å². The number of benzene rings is 1. The number of aryl methyl sites for hydroxylation is 1. The lowest BCUT2D eigenvalue weighted by Crippen LogP contribution is -2.21. The molecule has 1 fully saturated rings. The molecule has 1 aliphatic carbocycles. The van der Waals surface area contributed by atoms with Gasteiger partial charge in [-0.25, -0.2) is 4.98 Å². The van der Waals surface area contributed by atoms with Crippen molar-refractivity contribution in [2.24, 2.45) is 0 Å². The van der Waals surface area contributed by atoms with Crippen LogP contribution in [-0.4, -0.2) is 16.1 Å². The Kier molecular flexibility index (Phi) is 4.83. The molecular formula is C17H21N3OS. The van der Waals surface area contributed by atoms with E-state index in [4.69, 9.17) is 10.5 Å². The molecule has 22 heavy (non-hydrogen) atoms. The fourth-order valence-electron chi connectivity index (χ4n) is 2.60. The molecule has 0 radical (unpaired) electrons. The van der Waals surface area contributed by atoms with Gasteiger partial charge in [0.25, 0.3) is 0 Å². The number of hydrogen-bond donors (Lipinski definition) is 1. The van der Waals surface area contributed by atoms with Crippen molar-refractivity contribution < 1.29 is 4.74 Å². The summed E-state index contributed by atoms with van der Waals surface area (Å²) in [7, 11) is 0. The molecule has 0 spiro atoms. The largest absolute Gasteiger partial charge is 0.473 e. The smallest absolute Gasteiger partial charge is 0.241 e. The molecule has 0 unspecified atom stereocenters. The first-order chi connectivity index (χ1) is 10.7. The third kappa shape index (κ3) is 3.71. The predicted molar refractivity (Wildman–Crippen MR) is 89.2 cm³/mol. The molecule has 0 amide bonds. The average molecular weight is 315 g/mol. The van der Waals surface area contributed by atoms with E-state index >= 15 is 0 Å². The monoisotopic (exact) mass is 315 g/mol. The van der Waals surface area contributed by atoms with E-state index in [-0.39, 0.29) is 6.10 Å². The molecule has 3 rings (SSSR count). The highest BCUT2D eigenvalue weighted by atomic mass is 32.2. The summed E-state index contributed by atoms with van der Waals surface area (Å²) in [6, 6.07) is 8.31. The maximum Gasteiger partial charge on any atom is 0.241 e. The van der Waals surface area contributed by atoms with E-state index in [1.165, 1.54) is 31.2 Å². The number of hydrogen-bond acceptors (Lipinski definition) is 5. The Labute approximate surface area is 135 Å². The second kappa shape index (κ2) is 7.01. The zero-order valence-corrected chi connectivity index (χ0v) is 13.6. The van der Waals surface area contributed by atoms with Crippen molar-refractivity contribution in [2.75, 3.05) is 5.73 Å². The molecule has 2 aromatic rings. The van der Waals surface area contributed by atoms with Gasteiger partial charge in [-0.2, -0.15) is 4.98 Å². The summed E-state index contributed by atoms with van der Waals surface area (Å²) in [4.78, 5) is 9.62. The normalized spacial score (nSPS) is 15.7. The molecule has 0 aliphatic heterocycles. The highest BCUT2D eigenvalue weighted by molar-refractivity contribution is 7.99. The first-order valence-corrected chi connectivity index (χ1v) is 8.55. The van der Waals surface area contributed by atoms with Crippen LogP contribution in [0.4, 0.5) is 5.69 Å². The molecule has 1 saturated carbocycles. The van der Waals surface area contributed by atoms with Crippen molar-refractivity contribution in [3.63, 3.8) is 0 Å². The lowest BCUT2D eigenvalue weighted by molar-refractivity contribution is 0.149. The Morgan fingerprint density at radius 3 is 2.55 bits per heavy atom. The second-order valence-electron chi connectivity index (χ2n) is 5.69. The van der Waals surface area contributed by atoms with E-state index in [9.17, 15) is 0 Å². The molecule has 1 heterocycles. The number of nitrogens with two attached hydrogens (primary N) is 1. The van der Waals surface area contributed by atoms with Crippen LogP contribution in [0, 0.1) is 6.92 Å². The summed E-state index contributed by atoms with van der Waals surface area (Å²) in [5.74, 6) is 0.525. The lowest BCUT2D eigenvalue weighted by atomic mass is 9.98. The molecule has 0 atom stereocenters. The minimum atomic E-state index is 0.239. The van der Waals surface area contributed by atoms with E-state index in [1.807, 2.05) is 0 Å². The number of nitrogens with zero attached hydrogens (tertiary/aromatic N) is 2. The molecule has 1 aromatic carbocycles.